The van der Waals surface area contributed by atoms with Crippen LogP contribution in [0.3, 0.4) is 0 Å². The van der Waals surface area contributed by atoms with E-state index >= 15 is 0 Å². The number of halogens is 3. The summed E-state index contributed by atoms with van der Waals surface area (Å²) in [5, 5.41) is 10.8. The molecule has 2 fully saturated rings. The fourth-order valence-corrected chi connectivity index (χ4v) is 5.66. The van der Waals surface area contributed by atoms with Crippen molar-refractivity contribution in [3.63, 3.8) is 0 Å². The highest BCUT2D eigenvalue weighted by atomic mass is 35.5. The molecule has 0 spiro atoms. The van der Waals surface area contributed by atoms with Gasteiger partial charge in [-0.15, -0.1) is 12.4 Å². The first-order valence-electron chi connectivity index (χ1n) is 12.6. The third kappa shape index (κ3) is 7.12. The molecule has 0 aromatic heterocycles. The van der Waals surface area contributed by atoms with Gasteiger partial charge < -0.3 is 14.7 Å². The van der Waals surface area contributed by atoms with Gasteiger partial charge in [0.2, 0.25) is 0 Å². The Labute approximate surface area is 225 Å². The predicted molar refractivity (Wildman–Crippen MR) is 144 cm³/mol. The van der Waals surface area contributed by atoms with E-state index in [2.05, 4.69) is 9.80 Å². The number of aliphatic carboxylic acids is 1. The van der Waals surface area contributed by atoms with Crippen molar-refractivity contribution in [3.05, 3.63) is 64.4 Å². The highest BCUT2D eigenvalue weighted by Gasteiger charge is 2.41. The number of benzene rings is 2. The van der Waals surface area contributed by atoms with Crippen molar-refractivity contribution in [2.45, 2.75) is 57.6 Å². The van der Waals surface area contributed by atoms with Gasteiger partial charge in [-0.05, 0) is 100.0 Å². The summed E-state index contributed by atoms with van der Waals surface area (Å²) in [4.78, 5) is 16.9. The molecule has 1 atom stereocenters. The molecule has 2 aliphatic heterocycles. The Balaban J connectivity index is 0.00000361. The van der Waals surface area contributed by atoms with Crippen LogP contribution in [0.5, 0.6) is 5.75 Å². The van der Waals surface area contributed by atoms with Gasteiger partial charge in [-0.25, -0.2) is 4.39 Å². The summed E-state index contributed by atoms with van der Waals surface area (Å²) in [6.45, 7) is 8.46. The molecule has 2 aromatic carbocycles. The number of aryl methyl sites for hydroxylation is 1. The largest absolute Gasteiger partial charge is 0.490 e. The number of nitrogens with zero attached hydrogens (tertiary/aromatic N) is 2. The van der Waals surface area contributed by atoms with Crippen molar-refractivity contribution in [1.82, 2.24) is 9.80 Å². The molecule has 0 saturated carbocycles. The number of ether oxygens (including phenoxy) is 1. The van der Waals surface area contributed by atoms with Crippen molar-refractivity contribution in [2.75, 3.05) is 32.7 Å². The summed E-state index contributed by atoms with van der Waals surface area (Å²) >= 11 is 6.06. The standard InChI is InChI=1S/C28H36ClFN2O3.ClH/c1-20-17-23(29)5-8-26(20)35-25-11-13-31(14-12-25)19-22-9-15-32(16-10-22)28(2,27(33)34)18-21-3-6-24(30)7-4-21;/h3-8,17,22,25H,9-16,18-19H2,1-2H3,(H,33,34);1H/t28-;/m0./s1. The lowest BCUT2D eigenvalue weighted by Gasteiger charge is -2.43. The lowest BCUT2D eigenvalue weighted by atomic mass is 9.86. The Bertz CT molecular complexity index is 1010. The van der Waals surface area contributed by atoms with Crippen LogP contribution in [0.1, 0.15) is 43.7 Å². The number of hydrogen-bond acceptors (Lipinski definition) is 4. The Morgan fingerprint density at radius 2 is 1.72 bits per heavy atom. The Morgan fingerprint density at radius 3 is 2.31 bits per heavy atom. The summed E-state index contributed by atoms with van der Waals surface area (Å²) in [7, 11) is 0. The van der Waals surface area contributed by atoms with Crippen LogP contribution in [-0.2, 0) is 11.2 Å². The monoisotopic (exact) mass is 538 g/mol. The molecule has 5 nitrogen and oxygen atoms in total. The van der Waals surface area contributed by atoms with E-state index in [4.69, 9.17) is 16.3 Å². The maximum absolute atomic E-state index is 13.3. The summed E-state index contributed by atoms with van der Waals surface area (Å²) in [6, 6.07) is 11.9. The second-order valence-electron chi connectivity index (χ2n) is 10.3. The van der Waals surface area contributed by atoms with E-state index in [0.29, 0.717) is 12.3 Å². The van der Waals surface area contributed by atoms with E-state index in [0.717, 1.165) is 80.3 Å². The quantitative estimate of drug-likeness (QED) is 0.456. The second kappa shape index (κ2) is 12.6. The van der Waals surface area contributed by atoms with Gasteiger partial charge in [0.1, 0.15) is 23.2 Å². The highest BCUT2D eigenvalue weighted by molar-refractivity contribution is 6.30. The maximum atomic E-state index is 13.3. The Morgan fingerprint density at radius 1 is 1.08 bits per heavy atom. The SMILES string of the molecule is Cc1cc(Cl)ccc1OC1CCN(CC2CCN([C@@](C)(Cc3ccc(F)cc3)C(=O)O)CC2)CC1.Cl. The second-order valence-corrected chi connectivity index (χ2v) is 10.8. The highest BCUT2D eigenvalue weighted by Crippen LogP contribution is 2.30. The van der Waals surface area contributed by atoms with Crippen LogP contribution in [0.25, 0.3) is 0 Å². The number of carboxylic acid groups (broad SMARTS) is 1. The van der Waals surface area contributed by atoms with Crippen LogP contribution >= 0.6 is 24.0 Å². The summed E-state index contributed by atoms with van der Waals surface area (Å²) in [6.07, 6.45) is 4.61. The molecule has 0 unspecified atom stereocenters. The van der Waals surface area contributed by atoms with Crippen molar-refractivity contribution in [2.24, 2.45) is 5.92 Å². The molecule has 36 heavy (non-hydrogen) atoms. The maximum Gasteiger partial charge on any atom is 0.324 e. The molecular formula is C28H37Cl2FN2O3. The first-order valence-corrected chi connectivity index (χ1v) is 13.0. The zero-order chi connectivity index (χ0) is 25.0. The van der Waals surface area contributed by atoms with Crippen molar-refractivity contribution in [1.29, 1.82) is 0 Å². The van der Waals surface area contributed by atoms with Gasteiger partial charge in [-0.3, -0.25) is 9.69 Å². The summed E-state index contributed by atoms with van der Waals surface area (Å²) in [5.41, 5.74) is 0.926. The van der Waals surface area contributed by atoms with Crippen LogP contribution in [0.15, 0.2) is 42.5 Å². The van der Waals surface area contributed by atoms with Crippen LogP contribution in [0.4, 0.5) is 4.39 Å². The molecule has 198 valence electrons. The molecule has 8 heteroatoms. The van der Waals surface area contributed by atoms with Crippen LogP contribution in [0.2, 0.25) is 5.02 Å². The molecule has 0 bridgehead atoms. The van der Waals surface area contributed by atoms with Gasteiger partial charge in [0, 0.05) is 31.1 Å². The lowest BCUT2D eigenvalue weighted by molar-refractivity contribution is -0.151. The third-order valence-electron chi connectivity index (χ3n) is 7.72. The third-order valence-corrected chi connectivity index (χ3v) is 7.95. The number of likely N-dealkylation sites (tertiary alicyclic amines) is 2. The van der Waals surface area contributed by atoms with E-state index in [9.17, 15) is 14.3 Å². The van der Waals surface area contributed by atoms with E-state index in [1.807, 2.05) is 25.1 Å². The van der Waals surface area contributed by atoms with Crippen LogP contribution in [-0.4, -0.2) is 65.2 Å². The minimum atomic E-state index is -0.988. The summed E-state index contributed by atoms with van der Waals surface area (Å²) < 4.78 is 19.5. The normalized spacial score (nSPS) is 19.9. The fourth-order valence-electron chi connectivity index (χ4n) is 5.43. The molecule has 4 rings (SSSR count). The van der Waals surface area contributed by atoms with Gasteiger partial charge in [0.15, 0.2) is 0 Å². The Hall–Kier alpha value is -1.86. The molecule has 0 radical (unpaired) electrons. The van der Waals surface area contributed by atoms with Crippen molar-refractivity contribution < 1.29 is 19.0 Å². The molecular weight excluding hydrogens is 502 g/mol. The predicted octanol–water partition coefficient (Wildman–Crippen LogP) is 5.85. The first-order chi connectivity index (χ1) is 16.7. The minimum absolute atomic E-state index is 0. The lowest BCUT2D eigenvalue weighted by Crippen LogP contribution is -2.57. The number of piperidine rings is 2. The van der Waals surface area contributed by atoms with E-state index < -0.39 is 11.5 Å². The topological polar surface area (TPSA) is 53.0 Å². The molecule has 1 N–H and O–H groups in total. The minimum Gasteiger partial charge on any atom is -0.490 e. The average Bonchev–Trinajstić information content (AvgIpc) is 2.84. The number of rotatable bonds is 8. The van der Waals surface area contributed by atoms with E-state index in [1.54, 1.807) is 19.1 Å². The zero-order valence-corrected chi connectivity index (χ0v) is 22.7. The van der Waals surface area contributed by atoms with Crippen molar-refractivity contribution >= 4 is 30.0 Å². The zero-order valence-electron chi connectivity index (χ0n) is 21.1. The number of carbonyl (C=O) groups is 1. The molecule has 2 heterocycles. The average molecular weight is 540 g/mol. The molecule has 2 saturated heterocycles. The van der Waals surface area contributed by atoms with Gasteiger partial charge >= 0.3 is 5.97 Å². The number of hydrogen-bond donors (Lipinski definition) is 1. The van der Waals surface area contributed by atoms with E-state index in [-0.39, 0.29) is 24.3 Å². The van der Waals surface area contributed by atoms with Crippen LogP contribution in [0, 0.1) is 18.7 Å². The summed E-state index contributed by atoms with van der Waals surface area (Å²) in [5.74, 6) is 0.369. The van der Waals surface area contributed by atoms with E-state index in [1.165, 1.54) is 12.1 Å². The molecule has 2 aromatic rings. The first kappa shape index (κ1) is 28.7. The molecule has 0 amide bonds. The Kier molecular flexibility index (Phi) is 10.0. The molecule has 2 aliphatic rings. The van der Waals surface area contributed by atoms with Crippen LogP contribution < -0.4 is 4.74 Å². The number of carboxylic acids is 1. The van der Waals surface area contributed by atoms with Crippen molar-refractivity contribution in [3.8, 4) is 5.75 Å². The molecule has 0 aliphatic carbocycles. The van der Waals surface area contributed by atoms with Gasteiger partial charge in [0.05, 0.1) is 0 Å². The van der Waals surface area contributed by atoms with Gasteiger partial charge in [-0.2, -0.15) is 0 Å². The van der Waals surface area contributed by atoms with Gasteiger partial charge in [0.25, 0.3) is 0 Å². The fraction of sp³-hybridized carbons (Fsp3) is 0.536. The smallest absolute Gasteiger partial charge is 0.324 e. The van der Waals surface area contributed by atoms with Gasteiger partial charge in [-0.1, -0.05) is 23.7 Å².